The highest BCUT2D eigenvalue weighted by Gasteiger charge is 2.39. The van der Waals surface area contributed by atoms with Gasteiger partial charge in [-0.05, 0) is 46.5 Å². The molecular formula is C12H17BrN2O3S. The van der Waals surface area contributed by atoms with Gasteiger partial charge in [-0.1, -0.05) is 6.92 Å². The quantitative estimate of drug-likeness (QED) is 0.809. The zero-order valence-electron chi connectivity index (χ0n) is 10.6. The van der Waals surface area contributed by atoms with Crippen LogP contribution in [0.5, 0.6) is 0 Å². The minimum Gasteiger partial charge on any atom is -0.398 e. The van der Waals surface area contributed by atoms with Gasteiger partial charge in [0.2, 0.25) is 10.0 Å². The molecule has 19 heavy (non-hydrogen) atoms. The number of nitrogens with zero attached hydrogens (tertiary/aromatic N) is 1. The van der Waals surface area contributed by atoms with Crippen molar-refractivity contribution < 1.29 is 13.5 Å². The molecule has 0 amide bonds. The molecule has 106 valence electrons. The summed E-state index contributed by atoms with van der Waals surface area (Å²) in [6.07, 6.45) is 0.764. The number of sulfonamides is 1. The number of benzene rings is 1. The highest BCUT2D eigenvalue weighted by atomic mass is 79.9. The first kappa shape index (κ1) is 14.8. The molecule has 0 aliphatic carbocycles. The first-order valence-electron chi connectivity index (χ1n) is 6.05. The van der Waals surface area contributed by atoms with Gasteiger partial charge < -0.3 is 10.8 Å². The van der Waals surface area contributed by atoms with E-state index in [-0.39, 0.29) is 23.5 Å². The third kappa shape index (κ3) is 2.65. The molecule has 2 unspecified atom stereocenters. The molecule has 5 nitrogen and oxygen atoms in total. The van der Waals surface area contributed by atoms with E-state index >= 15 is 0 Å². The zero-order valence-corrected chi connectivity index (χ0v) is 13.0. The maximum atomic E-state index is 12.6. The zero-order chi connectivity index (χ0) is 14.2. The largest absolute Gasteiger partial charge is 0.398 e. The van der Waals surface area contributed by atoms with E-state index in [1.807, 2.05) is 6.92 Å². The van der Waals surface area contributed by atoms with Gasteiger partial charge in [-0.25, -0.2) is 8.42 Å². The Morgan fingerprint density at radius 3 is 2.79 bits per heavy atom. The lowest BCUT2D eigenvalue weighted by Crippen LogP contribution is -2.39. The number of nitrogens with two attached hydrogens (primary N) is 1. The Kier molecular flexibility index (Phi) is 4.20. The lowest BCUT2D eigenvalue weighted by atomic mass is 10.0. The predicted molar refractivity (Wildman–Crippen MR) is 77.1 cm³/mol. The first-order valence-corrected chi connectivity index (χ1v) is 8.29. The maximum Gasteiger partial charge on any atom is 0.243 e. The normalized spacial score (nSPS) is 24.8. The van der Waals surface area contributed by atoms with Crippen LogP contribution in [0.15, 0.2) is 27.6 Å². The minimum absolute atomic E-state index is 0.156. The monoisotopic (exact) mass is 348 g/mol. The van der Waals surface area contributed by atoms with Crippen LogP contribution in [0.4, 0.5) is 5.69 Å². The average molecular weight is 349 g/mol. The molecule has 1 aliphatic heterocycles. The summed E-state index contributed by atoms with van der Waals surface area (Å²) in [6, 6.07) is 4.21. The smallest absolute Gasteiger partial charge is 0.243 e. The van der Waals surface area contributed by atoms with Gasteiger partial charge in [-0.15, -0.1) is 0 Å². The number of hydrogen-bond donors (Lipinski definition) is 2. The minimum atomic E-state index is -3.58. The van der Waals surface area contributed by atoms with Crippen molar-refractivity contribution in [3.63, 3.8) is 0 Å². The van der Waals surface area contributed by atoms with E-state index in [2.05, 4.69) is 15.9 Å². The Bertz CT molecular complexity index is 576. The van der Waals surface area contributed by atoms with E-state index < -0.39 is 10.0 Å². The number of rotatable bonds is 3. The first-order chi connectivity index (χ1) is 8.87. The van der Waals surface area contributed by atoms with Crippen molar-refractivity contribution in [2.75, 3.05) is 18.9 Å². The summed E-state index contributed by atoms with van der Waals surface area (Å²) in [7, 11) is -3.58. The van der Waals surface area contributed by atoms with Gasteiger partial charge >= 0.3 is 0 Å². The molecule has 7 heteroatoms. The van der Waals surface area contributed by atoms with E-state index in [0.717, 1.165) is 6.42 Å². The molecule has 0 aromatic heterocycles. The SMILES string of the molecule is CC1CCN(S(=O)(=O)c2ccc(N)c(Br)c2)C1CO. The third-order valence-corrected chi connectivity index (χ3v) is 6.20. The molecule has 0 spiro atoms. The van der Waals surface area contributed by atoms with Gasteiger partial charge in [-0.3, -0.25) is 0 Å². The molecule has 1 aliphatic rings. The fraction of sp³-hybridized carbons (Fsp3) is 0.500. The highest BCUT2D eigenvalue weighted by molar-refractivity contribution is 9.10. The van der Waals surface area contributed by atoms with Crippen molar-refractivity contribution in [3.8, 4) is 0 Å². The van der Waals surface area contributed by atoms with Gasteiger partial charge in [0.1, 0.15) is 0 Å². The van der Waals surface area contributed by atoms with Crippen molar-refractivity contribution in [3.05, 3.63) is 22.7 Å². The highest BCUT2D eigenvalue weighted by Crippen LogP contribution is 2.31. The Morgan fingerprint density at radius 1 is 1.53 bits per heavy atom. The van der Waals surface area contributed by atoms with Crippen LogP contribution in [0.25, 0.3) is 0 Å². The second-order valence-corrected chi connectivity index (χ2v) is 7.56. The Morgan fingerprint density at radius 2 is 2.21 bits per heavy atom. The Balaban J connectivity index is 2.39. The molecule has 3 N–H and O–H groups in total. The van der Waals surface area contributed by atoms with E-state index in [4.69, 9.17) is 5.73 Å². The van der Waals surface area contributed by atoms with Crippen molar-refractivity contribution in [1.82, 2.24) is 4.31 Å². The van der Waals surface area contributed by atoms with Crippen LogP contribution in [0.1, 0.15) is 13.3 Å². The second-order valence-electron chi connectivity index (χ2n) is 4.81. The predicted octanol–water partition coefficient (Wildman–Crippen LogP) is 1.42. The molecule has 0 radical (unpaired) electrons. The van der Waals surface area contributed by atoms with E-state index in [1.165, 1.54) is 16.4 Å². The summed E-state index contributed by atoms with van der Waals surface area (Å²) in [6.45, 7) is 2.24. The lowest BCUT2D eigenvalue weighted by Gasteiger charge is -2.24. The van der Waals surface area contributed by atoms with Crippen molar-refractivity contribution >= 4 is 31.6 Å². The number of aliphatic hydroxyl groups excluding tert-OH is 1. The van der Waals surface area contributed by atoms with Crippen LogP contribution < -0.4 is 5.73 Å². The van der Waals surface area contributed by atoms with Crippen LogP contribution in [0.3, 0.4) is 0 Å². The Labute approximate surface area is 121 Å². The fourth-order valence-electron chi connectivity index (χ4n) is 2.35. The molecule has 0 bridgehead atoms. The maximum absolute atomic E-state index is 12.6. The second kappa shape index (κ2) is 5.40. The summed E-state index contributed by atoms with van der Waals surface area (Å²) in [5.74, 6) is 0.164. The summed E-state index contributed by atoms with van der Waals surface area (Å²) in [5.41, 5.74) is 6.16. The van der Waals surface area contributed by atoms with Crippen molar-refractivity contribution in [2.45, 2.75) is 24.3 Å². The number of hydrogen-bond acceptors (Lipinski definition) is 4. The van der Waals surface area contributed by atoms with E-state index in [9.17, 15) is 13.5 Å². The van der Waals surface area contributed by atoms with Crippen LogP contribution in [-0.2, 0) is 10.0 Å². The molecule has 1 fully saturated rings. The molecule has 1 aromatic carbocycles. The van der Waals surface area contributed by atoms with Crippen LogP contribution in [0, 0.1) is 5.92 Å². The van der Waals surface area contributed by atoms with Crippen LogP contribution in [-0.4, -0.2) is 37.0 Å². The van der Waals surface area contributed by atoms with E-state index in [1.54, 1.807) is 6.07 Å². The van der Waals surface area contributed by atoms with E-state index in [0.29, 0.717) is 16.7 Å². The summed E-state index contributed by atoms with van der Waals surface area (Å²) >= 11 is 3.23. The average Bonchev–Trinajstić information content (AvgIpc) is 2.74. The standard InChI is InChI=1S/C12H17BrN2O3S/c1-8-4-5-15(12(8)7-16)19(17,18)9-2-3-11(14)10(13)6-9/h2-3,6,8,12,16H,4-5,7,14H2,1H3. The Hall–Kier alpha value is -0.630. The number of aliphatic hydroxyl groups is 1. The van der Waals surface area contributed by atoms with Crippen LogP contribution >= 0.6 is 15.9 Å². The lowest BCUT2D eigenvalue weighted by molar-refractivity contribution is 0.191. The molecule has 2 rings (SSSR count). The molecule has 1 saturated heterocycles. The molecule has 1 heterocycles. The van der Waals surface area contributed by atoms with Gasteiger partial charge in [0, 0.05) is 16.7 Å². The van der Waals surface area contributed by atoms with Gasteiger partial charge in [-0.2, -0.15) is 4.31 Å². The summed E-state index contributed by atoms with van der Waals surface area (Å²) < 4.78 is 27.1. The van der Waals surface area contributed by atoms with Gasteiger partial charge in [0.25, 0.3) is 0 Å². The molecule has 0 saturated carbocycles. The summed E-state index contributed by atoms with van der Waals surface area (Å²) in [4.78, 5) is 0.195. The third-order valence-electron chi connectivity index (χ3n) is 3.60. The molecule has 1 aromatic rings. The number of anilines is 1. The number of halogens is 1. The summed E-state index contributed by atoms with van der Waals surface area (Å²) in [5, 5.41) is 9.38. The van der Waals surface area contributed by atoms with Gasteiger partial charge in [0.15, 0.2) is 0 Å². The number of nitrogen functional groups attached to an aromatic ring is 1. The van der Waals surface area contributed by atoms with Gasteiger partial charge in [0.05, 0.1) is 17.5 Å². The van der Waals surface area contributed by atoms with Crippen molar-refractivity contribution in [1.29, 1.82) is 0 Å². The van der Waals surface area contributed by atoms with Crippen molar-refractivity contribution in [2.24, 2.45) is 5.92 Å². The topological polar surface area (TPSA) is 83.6 Å². The van der Waals surface area contributed by atoms with Crippen LogP contribution in [0.2, 0.25) is 0 Å². The molecule has 2 atom stereocenters. The molecular weight excluding hydrogens is 332 g/mol. The fourth-order valence-corrected chi connectivity index (χ4v) is 4.63.